The molecule has 84 heavy (non-hydrogen) atoms. The number of ether oxygens (including phenoxy) is 10. The summed E-state index contributed by atoms with van der Waals surface area (Å²) < 4.78 is 129. The standard InChI is InChI=1S/C42H73N3O37S2/c1-11(51)43-14(4-46)33(78-42-32(64)37(82-84(68,69)70)26(58)17(6-48)74-42)23(55)15(54)9-71-38-21(44-12(2)52)27(59)34(18(7-49)75-38)80-41-31(63)36(25(57)16(5-47)73-41)81-39-22(45-13(3)53)28(60)35(19(8-50)76-39)79-40-30(62)29(61)24(56)20(77-40)10-72-83(65,66)67/h14-42,46-50,54-64H,4-10H2,1-3H3,(H,43,51)(H,44,52)(H,45,53)(H,65,66,67)(H,68,69,70). The van der Waals surface area contributed by atoms with Crippen molar-refractivity contribution in [1.82, 2.24) is 16.0 Å². The average Bonchev–Trinajstić information content (AvgIpc) is 1.50. The number of hydrogen-bond donors (Lipinski definition) is 21. The Hall–Kier alpha value is -2.89. The smallest absolute Gasteiger partial charge is 0.394 e. The summed E-state index contributed by atoms with van der Waals surface area (Å²) >= 11 is 0. The van der Waals surface area contributed by atoms with Gasteiger partial charge in [0, 0.05) is 20.8 Å². The van der Waals surface area contributed by atoms with Crippen molar-refractivity contribution in [2.45, 2.75) is 199 Å². The van der Waals surface area contributed by atoms with Crippen LogP contribution in [0.3, 0.4) is 0 Å². The molecule has 29 atom stereocenters. The van der Waals surface area contributed by atoms with E-state index in [1.165, 1.54) is 0 Å². The summed E-state index contributed by atoms with van der Waals surface area (Å²) in [5.41, 5.74) is 0. The first-order valence-corrected chi connectivity index (χ1v) is 28.1. The Morgan fingerprint density at radius 3 is 1.40 bits per heavy atom. The highest BCUT2D eigenvalue weighted by atomic mass is 32.3. The van der Waals surface area contributed by atoms with Gasteiger partial charge in [0.05, 0.1) is 52.3 Å². The van der Waals surface area contributed by atoms with Gasteiger partial charge in [0.1, 0.15) is 140 Å². The van der Waals surface area contributed by atoms with E-state index in [0.29, 0.717) is 0 Å². The molecule has 40 nitrogen and oxygen atoms in total. The maximum atomic E-state index is 12.6. The monoisotopic (exact) mass is 1280 g/mol. The normalized spacial score (nSPS) is 41.1. The van der Waals surface area contributed by atoms with Gasteiger partial charge in [-0.15, -0.1) is 0 Å². The van der Waals surface area contributed by atoms with E-state index in [1.54, 1.807) is 0 Å². The summed E-state index contributed by atoms with van der Waals surface area (Å²) in [5, 5.41) is 180. The Kier molecular flexibility index (Phi) is 26.5. The summed E-state index contributed by atoms with van der Waals surface area (Å²) in [5.74, 6) is -2.70. The van der Waals surface area contributed by atoms with Crippen LogP contribution in [-0.2, 0) is 90.9 Å². The summed E-state index contributed by atoms with van der Waals surface area (Å²) in [4.78, 5) is 37.2. The van der Waals surface area contributed by atoms with Crippen molar-refractivity contribution in [3.05, 3.63) is 0 Å². The molecule has 490 valence electrons. The molecule has 0 aromatic rings. The van der Waals surface area contributed by atoms with Crippen LogP contribution in [0.2, 0.25) is 0 Å². The number of nitrogens with one attached hydrogen (secondary N) is 3. The summed E-state index contributed by atoms with van der Waals surface area (Å²) in [6.07, 6.45) is -54.2. The molecule has 5 aliphatic rings. The van der Waals surface area contributed by atoms with Crippen molar-refractivity contribution < 1.29 is 178 Å². The molecule has 0 aromatic heterocycles. The molecule has 5 fully saturated rings. The van der Waals surface area contributed by atoms with Gasteiger partial charge in [0.25, 0.3) is 0 Å². The highest BCUT2D eigenvalue weighted by Gasteiger charge is 2.57. The third kappa shape index (κ3) is 18.1. The minimum atomic E-state index is -5.43. The first kappa shape index (κ1) is 71.9. The summed E-state index contributed by atoms with van der Waals surface area (Å²) in [7, 11) is -10.6. The molecule has 21 N–H and O–H groups in total. The van der Waals surface area contributed by atoms with Gasteiger partial charge >= 0.3 is 20.8 Å². The number of rotatable bonds is 27. The molecular weight excluding hydrogens is 1200 g/mol. The minimum absolute atomic E-state index is 0.881. The second-order valence-electron chi connectivity index (χ2n) is 19.8. The van der Waals surface area contributed by atoms with E-state index in [1.807, 2.05) is 0 Å². The molecule has 5 aliphatic heterocycles. The van der Waals surface area contributed by atoms with Crippen LogP contribution in [0.1, 0.15) is 20.8 Å². The molecule has 0 spiro atoms. The van der Waals surface area contributed by atoms with Crippen molar-refractivity contribution in [3.8, 4) is 0 Å². The third-order valence-electron chi connectivity index (χ3n) is 13.7. The summed E-state index contributed by atoms with van der Waals surface area (Å²) in [6, 6.07) is -5.42. The van der Waals surface area contributed by atoms with Crippen molar-refractivity contribution in [2.75, 3.05) is 46.2 Å². The van der Waals surface area contributed by atoms with E-state index < -0.39 is 263 Å². The van der Waals surface area contributed by atoms with E-state index in [9.17, 15) is 117 Å². The lowest BCUT2D eigenvalue weighted by Gasteiger charge is -2.50. The van der Waals surface area contributed by atoms with E-state index in [4.69, 9.17) is 51.9 Å². The lowest BCUT2D eigenvalue weighted by molar-refractivity contribution is -0.378. The van der Waals surface area contributed by atoms with Crippen LogP contribution < -0.4 is 16.0 Å². The van der Waals surface area contributed by atoms with E-state index in [2.05, 4.69) is 24.3 Å². The molecule has 0 saturated carbocycles. The van der Waals surface area contributed by atoms with E-state index >= 15 is 0 Å². The van der Waals surface area contributed by atoms with Gasteiger partial charge in [-0.3, -0.25) is 23.5 Å². The van der Waals surface area contributed by atoms with Crippen LogP contribution in [0, 0.1) is 0 Å². The Bertz CT molecular complexity index is 2340. The highest BCUT2D eigenvalue weighted by Crippen LogP contribution is 2.36. The van der Waals surface area contributed by atoms with E-state index in [0.717, 1.165) is 20.8 Å². The zero-order valence-corrected chi connectivity index (χ0v) is 45.9. The number of hydrogen-bond acceptors (Lipinski definition) is 35. The second-order valence-corrected chi connectivity index (χ2v) is 21.9. The first-order chi connectivity index (χ1) is 39.2. The molecule has 42 heteroatoms. The lowest BCUT2D eigenvalue weighted by Crippen LogP contribution is -2.70. The Morgan fingerprint density at radius 1 is 0.488 bits per heavy atom. The van der Waals surface area contributed by atoms with Gasteiger partial charge in [0.2, 0.25) is 17.7 Å². The van der Waals surface area contributed by atoms with Gasteiger partial charge in [-0.25, -0.2) is 8.37 Å². The molecular formula is C42H73N3O37S2. The van der Waals surface area contributed by atoms with Gasteiger partial charge < -0.3 is 145 Å². The molecule has 29 unspecified atom stereocenters. The largest absolute Gasteiger partial charge is 0.397 e. The number of amides is 3. The zero-order valence-electron chi connectivity index (χ0n) is 44.3. The number of aliphatic hydroxyl groups excluding tert-OH is 16. The molecule has 0 radical (unpaired) electrons. The Balaban J connectivity index is 1.34. The first-order valence-electron chi connectivity index (χ1n) is 25.3. The second kappa shape index (κ2) is 31.0. The van der Waals surface area contributed by atoms with Crippen LogP contribution in [0.25, 0.3) is 0 Å². The molecule has 0 aromatic carbocycles. The average molecular weight is 1280 g/mol. The van der Waals surface area contributed by atoms with Crippen molar-refractivity contribution >= 4 is 38.5 Å². The molecule has 0 bridgehead atoms. The van der Waals surface area contributed by atoms with Crippen molar-refractivity contribution in [2.24, 2.45) is 0 Å². The van der Waals surface area contributed by atoms with Crippen LogP contribution in [0.4, 0.5) is 0 Å². The minimum Gasteiger partial charge on any atom is -0.394 e. The van der Waals surface area contributed by atoms with Crippen molar-refractivity contribution in [3.63, 3.8) is 0 Å². The molecule has 3 amide bonds. The number of carbonyl (C=O) groups is 3. The van der Waals surface area contributed by atoms with Crippen molar-refractivity contribution in [1.29, 1.82) is 0 Å². The predicted molar refractivity (Wildman–Crippen MR) is 257 cm³/mol. The SMILES string of the molecule is CC(=O)NC(CO)C(OC1OC(CO)C(O)C(OS(=O)(=O)O)C1O)C(O)C(O)COC1OC(CO)C(OC2OC(CO)C(O)C(OC3OC(CO)C(OC4OC(COS(=O)(=O)O)C(O)C(O)C4O)C(O)C3NC(C)=O)C2O)C(O)C1NC(C)=O. The van der Waals surface area contributed by atoms with Crippen LogP contribution in [-0.4, -0.2) is 349 Å². The third-order valence-corrected chi connectivity index (χ3v) is 14.6. The van der Waals surface area contributed by atoms with Crippen LogP contribution in [0.5, 0.6) is 0 Å². The van der Waals surface area contributed by atoms with E-state index in [-0.39, 0.29) is 0 Å². The molecule has 0 aliphatic carbocycles. The lowest BCUT2D eigenvalue weighted by atomic mass is 9.94. The maximum Gasteiger partial charge on any atom is 0.397 e. The Morgan fingerprint density at radius 2 is 0.929 bits per heavy atom. The van der Waals surface area contributed by atoms with Gasteiger partial charge in [0.15, 0.2) is 31.5 Å². The van der Waals surface area contributed by atoms with Gasteiger partial charge in [-0.2, -0.15) is 16.8 Å². The fourth-order valence-electron chi connectivity index (χ4n) is 9.61. The topological polar surface area (TPSA) is 630 Å². The number of aliphatic hydroxyl groups is 16. The predicted octanol–water partition coefficient (Wildman–Crippen LogP) is -14.4. The van der Waals surface area contributed by atoms with Crippen LogP contribution in [0.15, 0.2) is 0 Å². The fourth-order valence-corrected chi connectivity index (χ4v) is 10.4. The Labute approximate surface area is 476 Å². The molecule has 5 heterocycles. The quantitative estimate of drug-likeness (QED) is 0.0340. The van der Waals surface area contributed by atoms with Gasteiger partial charge in [-0.05, 0) is 0 Å². The number of carbonyl (C=O) groups excluding carboxylic acids is 3. The maximum absolute atomic E-state index is 12.6. The fraction of sp³-hybridized carbons (Fsp3) is 0.929. The summed E-state index contributed by atoms with van der Waals surface area (Å²) in [6.45, 7) is -4.95. The van der Waals surface area contributed by atoms with Gasteiger partial charge in [-0.1, -0.05) is 0 Å². The molecule has 5 rings (SSSR count). The molecule has 5 saturated heterocycles. The highest BCUT2D eigenvalue weighted by molar-refractivity contribution is 7.81. The zero-order chi connectivity index (χ0) is 63.0. The van der Waals surface area contributed by atoms with Crippen LogP contribution >= 0.6 is 0 Å².